The highest BCUT2D eigenvalue weighted by atomic mass is 35.5. The lowest BCUT2D eigenvalue weighted by Gasteiger charge is -2.25. The Balaban J connectivity index is 0.000000720. The molecule has 12 heavy (non-hydrogen) atoms. The summed E-state index contributed by atoms with van der Waals surface area (Å²) >= 11 is 0. The molecule has 1 spiro atoms. The van der Waals surface area contributed by atoms with Crippen LogP contribution in [0, 0.1) is 0 Å². The van der Waals surface area contributed by atoms with Gasteiger partial charge in [0.25, 0.3) is 0 Å². The zero-order valence-corrected chi connectivity index (χ0v) is 7.51. The van der Waals surface area contributed by atoms with E-state index in [2.05, 4.69) is 5.32 Å². The zero-order valence-electron chi connectivity index (χ0n) is 6.69. The van der Waals surface area contributed by atoms with Gasteiger partial charge in [-0.1, -0.05) is 0 Å². The molecule has 3 N–H and O–H groups in total. The second-order valence-electron chi connectivity index (χ2n) is 3.35. The van der Waals surface area contributed by atoms with Crippen LogP contribution >= 0.6 is 12.4 Å². The van der Waals surface area contributed by atoms with Crippen molar-refractivity contribution in [3.05, 3.63) is 0 Å². The molecule has 0 aromatic heterocycles. The van der Waals surface area contributed by atoms with Crippen molar-refractivity contribution < 1.29 is 14.9 Å². The van der Waals surface area contributed by atoms with Gasteiger partial charge in [0, 0.05) is 13.2 Å². The number of ether oxygens (including phenoxy) is 1. The molecule has 0 aromatic carbocycles. The summed E-state index contributed by atoms with van der Waals surface area (Å²) in [5, 5.41) is 21.9. The molecule has 3 atom stereocenters. The van der Waals surface area contributed by atoms with Gasteiger partial charge < -0.3 is 20.3 Å². The monoisotopic (exact) mass is 195 g/mol. The minimum atomic E-state index is -0.662. The highest BCUT2D eigenvalue weighted by molar-refractivity contribution is 5.85. The van der Waals surface area contributed by atoms with Crippen LogP contribution in [0.5, 0.6) is 0 Å². The third kappa shape index (κ3) is 1.34. The molecule has 0 amide bonds. The third-order valence-corrected chi connectivity index (χ3v) is 2.65. The molecule has 2 rings (SSSR count). The molecule has 0 aliphatic carbocycles. The molecule has 0 radical (unpaired) electrons. The molecular weight excluding hydrogens is 182 g/mol. The molecule has 2 fully saturated rings. The van der Waals surface area contributed by atoms with E-state index in [-0.39, 0.29) is 17.9 Å². The summed E-state index contributed by atoms with van der Waals surface area (Å²) in [6.45, 7) is 1.67. The molecule has 4 nitrogen and oxygen atoms in total. The molecule has 2 aliphatic rings. The normalized spacial score (nSPS) is 46.5. The number of halogens is 1. The SMILES string of the molecule is Cl.OC1CNC2(CCOC2)C1O. The second-order valence-corrected chi connectivity index (χ2v) is 3.35. The first-order valence-electron chi connectivity index (χ1n) is 3.93. The molecule has 72 valence electrons. The summed E-state index contributed by atoms with van der Waals surface area (Å²) in [4.78, 5) is 0. The Labute approximate surface area is 77.3 Å². The minimum Gasteiger partial charge on any atom is -0.389 e. The number of β-amino-alcohol motifs (C(OH)–C–C–N with tert-alkyl or cyclic N) is 1. The van der Waals surface area contributed by atoms with Crippen LogP contribution in [0.25, 0.3) is 0 Å². The van der Waals surface area contributed by atoms with Crippen molar-refractivity contribution in [1.82, 2.24) is 5.32 Å². The fourth-order valence-corrected chi connectivity index (χ4v) is 1.85. The fraction of sp³-hybridized carbons (Fsp3) is 1.00. The third-order valence-electron chi connectivity index (χ3n) is 2.65. The minimum absolute atomic E-state index is 0. The van der Waals surface area contributed by atoms with Crippen molar-refractivity contribution in [3.8, 4) is 0 Å². The Morgan fingerprint density at radius 3 is 2.58 bits per heavy atom. The molecular formula is C7H14ClNO3. The van der Waals surface area contributed by atoms with Crippen LogP contribution in [0.3, 0.4) is 0 Å². The number of aliphatic hydroxyl groups is 2. The van der Waals surface area contributed by atoms with E-state index in [9.17, 15) is 10.2 Å². The van der Waals surface area contributed by atoms with Gasteiger partial charge in [0.15, 0.2) is 0 Å². The lowest BCUT2D eigenvalue weighted by molar-refractivity contribution is 0.00704. The molecule has 2 heterocycles. The van der Waals surface area contributed by atoms with E-state index in [0.717, 1.165) is 6.42 Å². The van der Waals surface area contributed by atoms with Gasteiger partial charge in [0.2, 0.25) is 0 Å². The number of nitrogens with one attached hydrogen (secondary N) is 1. The lowest BCUT2D eigenvalue weighted by atomic mass is 9.93. The van der Waals surface area contributed by atoms with Gasteiger partial charge >= 0.3 is 0 Å². The van der Waals surface area contributed by atoms with E-state index in [1.165, 1.54) is 0 Å². The van der Waals surface area contributed by atoms with Gasteiger partial charge in [-0.3, -0.25) is 0 Å². The van der Waals surface area contributed by atoms with Crippen LogP contribution in [-0.2, 0) is 4.74 Å². The van der Waals surface area contributed by atoms with Crippen LogP contribution in [0.2, 0.25) is 0 Å². The van der Waals surface area contributed by atoms with Gasteiger partial charge in [-0.05, 0) is 6.42 Å². The average Bonchev–Trinajstić information content (AvgIpc) is 2.56. The maximum atomic E-state index is 9.56. The fourth-order valence-electron chi connectivity index (χ4n) is 1.85. The summed E-state index contributed by atoms with van der Waals surface area (Å²) in [6, 6.07) is 0. The first kappa shape index (κ1) is 10.2. The Bertz CT molecular complexity index is 161. The van der Waals surface area contributed by atoms with Gasteiger partial charge in [-0.2, -0.15) is 0 Å². The Morgan fingerprint density at radius 2 is 2.17 bits per heavy atom. The molecule has 3 unspecified atom stereocenters. The van der Waals surface area contributed by atoms with Gasteiger partial charge in [0.05, 0.1) is 18.2 Å². The summed E-state index contributed by atoms with van der Waals surface area (Å²) < 4.78 is 5.17. The quantitative estimate of drug-likeness (QED) is 0.459. The molecule has 0 saturated carbocycles. The van der Waals surface area contributed by atoms with Gasteiger partial charge in [-0.15, -0.1) is 12.4 Å². The van der Waals surface area contributed by atoms with E-state index in [4.69, 9.17) is 4.74 Å². The first-order chi connectivity index (χ1) is 5.25. The highest BCUT2D eigenvalue weighted by Crippen LogP contribution is 2.28. The predicted molar refractivity (Wildman–Crippen MR) is 45.4 cm³/mol. The second kappa shape index (κ2) is 3.47. The number of rotatable bonds is 0. The lowest BCUT2D eigenvalue weighted by Crippen LogP contribution is -2.49. The molecule has 2 saturated heterocycles. The molecule has 5 heteroatoms. The van der Waals surface area contributed by atoms with E-state index in [1.807, 2.05) is 0 Å². The van der Waals surface area contributed by atoms with E-state index in [1.54, 1.807) is 0 Å². The molecule has 0 bridgehead atoms. The Kier molecular flexibility index (Phi) is 2.96. The summed E-state index contributed by atoms with van der Waals surface area (Å²) in [7, 11) is 0. The Morgan fingerprint density at radius 1 is 1.42 bits per heavy atom. The smallest absolute Gasteiger partial charge is 0.102 e. The standard InChI is InChI=1S/C7H13NO3.ClH/c9-5-3-8-7(6(5)10)1-2-11-4-7;/h5-6,8-10H,1-4H2;1H. The predicted octanol–water partition coefficient (Wildman–Crippen LogP) is -1.11. The van der Waals surface area contributed by atoms with Crippen molar-refractivity contribution in [2.75, 3.05) is 19.8 Å². The van der Waals surface area contributed by atoms with E-state index >= 15 is 0 Å². The molecule has 2 aliphatic heterocycles. The van der Waals surface area contributed by atoms with Gasteiger partial charge in [0.1, 0.15) is 6.10 Å². The number of hydrogen-bond donors (Lipinski definition) is 3. The molecule has 0 aromatic rings. The number of aliphatic hydroxyl groups excluding tert-OH is 2. The van der Waals surface area contributed by atoms with E-state index in [0.29, 0.717) is 19.8 Å². The maximum absolute atomic E-state index is 9.56. The van der Waals surface area contributed by atoms with Crippen molar-refractivity contribution in [2.45, 2.75) is 24.2 Å². The van der Waals surface area contributed by atoms with Crippen molar-refractivity contribution in [2.24, 2.45) is 0 Å². The van der Waals surface area contributed by atoms with E-state index < -0.39 is 12.2 Å². The van der Waals surface area contributed by atoms with Crippen LogP contribution in [-0.4, -0.2) is 47.7 Å². The average molecular weight is 196 g/mol. The maximum Gasteiger partial charge on any atom is 0.102 e. The highest BCUT2D eigenvalue weighted by Gasteiger charge is 2.49. The van der Waals surface area contributed by atoms with Crippen molar-refractivity contribution in [1.29, 1.82) is 0 Å². The van der Waals surface area contributed by atoms with Crippen molar-refractivity contribution in [3.63, 3.8) is 0 Å². The summed E-state index contributed by atoms with van der Waals surface area (Å²) in [5.41, 5.74) is -0.348. The van der Waals surface area contributed by atoms with Crippen LogP contribution in [0.4, 0.5) is 0 Å². The topological polar surface area (TPSA) is 61.7 Å². The Hall–Kier alpha value is 0.130. The summed E-state index contributed by atoms with van der Waals surface area (Å²) in [6.07, 6.45) is -0.493. The van der Waals surface area contributed by atoms with Crippen LogP contribution < -0.4 is 5.32 Å². The van der Waals surface area contributed by atoms with Crippen molar-refractivity contribution >= 4 is 12.4 Å². The zero-order chi connectivity index (χ0) is 7.90. The largest absolute Gasteiger partial charge is 0.389 e. The van der Waals surface area contributed by atoms with Crippen LogP contribution in [0.1, 0.15) is 6.42 Å². The van der Waals surface area contributed by atoms with Gasteiger partial charge in [-0.25, -0.2) is 0 Å². The summed E-state index contributed by atoms with van der Waals surface area (Å²) in [5.74, 6) is 0. The number of hydrogen-bond acceptors (Lipinski definition) is 4. The van der Waals surface area contributed by atoms with Crippen LogP contribution in [0.15, 0.2) is 0 Å². The first-order valence-corrected chi connectivity index (χ1v) is 3.93.